The Morgan fingerprint density at radius 3 is 2.70 bits per heavy atom. The molecule has 0 saturated carbocycles. The standard InChI is InChI=1S/C27H28N4O2/c1-18-14-29-26-25(18)24(12-13-28-26)33-21-10-8-20(9-11-21)22-16-31(2)17-23(22)27(32)30-15-19-6-4-3-5-7-19/h3-14,22-23H,15-17H2,1-2H3,(H,28,29)(H,30,32)/t22?,23-/m0/s1. The van der Waals surface area contributed by atoms with E-state index in [-0.39, 0.29) is 17.7 Å². The molecule has 1 saturated heterocycles. The molecule has 1 aliphatic heterocycles. The fraction of sp³-hybridized carbons (Fsp3) is 0.259. The molecule has 0 aliphatic carbocycles. The van der Waals surface area contributed by atoms with Gasteiger partial charge in [-0.15, -0.1) is 0 Å². The molecule has 2 atom stereocenters. The molecule has 3 heterocycles. The number of benzene rings is 2. The molecule has 2 aromatic carbocycles. The van der Waals surface area contributed by atoms with E-state index in [1.54, 1.807) is 6.20 Å². The van der Waals surface area contributed by atoms with Gasteiger partial charge in [-0.1, -0.05) is 42.5 Å². The predicted molar refractivity (Wildman–Crippen MR) is 129 cm³/mol. The Hall–Kier alpha value is -3.64. The molecule has 4 aromatic rings. The van der Waals surface area contributed by atoms with Gasteiger partial charge in [0.15, 0.2) is 0 Å². The van der Waals surface area contributed by atoms with Crippen molar-refractivity contribution in [1.82, 2.24) is 20.2 Å². The first kappa shape index (κ1) is 21.2. The number of likely N-dealkylation sites (N-methyl/N-ethyl adjacent to an activating group) is 1. The van der Waals surface area contributed by atoms with Crippen molar-refractivity contribution in [3.63, 3.8) is 0 Å². The van der Waals surface area contributed by atoms with Gasteiger partial charge in [0.05, 0.1) is 11.3 Å². The number of aromatic amines is 1. The Morgan fingerprint density at radius 1 is 1.12 bits per heavy atom. The molecule has 1 aliphatic rings. The molecule has 6 heteroatoms. The summed E-state index contributed by atoms with van der Waals surface area (Å²) in [6.07, 6.45) is 3.68. The maximum absolute atomic E-state index is 13.0. The van der Waals surface area contributed by atoms with Crippen LogP contribution in [0.4, 0.5) is 0 Å². The first-order chi connectivity index (χ1) is 16.1. The predicted octanol–water partition coefficient (Wildman–Crippen LogP) is 4.63. The number of likely N-dealkylation sites (tertiary alicyclic amines) is 1. The van der Waals surface area contributed by atoms with Gasteiger partial charge in [-0.3, -0.25) is 4.79 Å². The van der Waals surface area contributed by atoms with Gasteiger partial charge in [0.1, 0.15) is 17.1 Å². The topological polar surface area (TPSA) is 70.2 Å². The number of hydrogen-bond donors (Lipinski definition) is 2. The van der Waals surface area contributed by atoms with Crippen molar-refractivity contribution in [2.75, 3.05) is 20.1 Å². The number of H-pyrrole nitrogens is 1. The van der Waals surface area contributed by atoms with E-state index in [1.807, 2.05) is 61.7 Å². The number of fused-ring (bicyclic) bond motifs is 1. The number of nitrogens with one attached hydrogen (secondary N) is 2. The number of hydrogen-bond acceptors (Lipinski definition) is 4. The third kappa shape index (κ3) is 4.47. The molecule has 2 aromatic heterocycles. The zero-order valence-corrected chi connectivity index (χ0v) is 18.9. The Balaban J connectivity index is 1.30. The molecule has 1 amide bonds. The lowest BCUT2D eigenvalue weighted by Gasteiger charge is -2.19. The maximum atomic E-state index is 13.0. The average Bonchev–Trinajstić information content (AvgIpc) is 3.42. The number of aryl methyl sites for hydroxylation is 1. The van der Waals surface area contributed by atoms with Gasteiger partial charge in [0.25, 0.3) is 0 Å². The molecule has 0 bridgehead atoms. The third-order valence-electron chi connectivity index (χ3n) is 6.42. The lowest BCUT2D eigenvalue weighted by atomic mass is 9.88. The average molecular weight is 441 g/mol. The minimum atomic E-state index is -0.0761. The summed E-state index contributed by atoms with van der Waals surface area (Å²) in [5.74, 6) is 1.73. The van der Waals surface area contributed by atoms with Crippen LogP contribution in [-0.4, -0.2) is 40.9 Å². The van der Waals surface area contributed by atoms with E-state index in [2.05, 4.69) is 39.4 Å². The van der Waals surface area contributed by atoms with Crippen molar-refractivity contribution in [2.45, 2.75) is 19.4 Å². The molecule has 168 valence electrons. The normalized spacial score (nSPS) is 18.5. The fourth-order valence-electron chi connectivity index (χ4n) is 4.70. The van der Waals surface area contributed by atoms with Crippen LogP contribution in [0.3, 0.4) is 0 Å². The van der Waals surface area contributed by atoms with E-state index in [1.165, 1.54) is 0 Å². The largest absolute Gasteiger partial charge is 0.457 e. The van der Waals surface area contributed by atoms with Crippen LogP contribution in [0.5, 0.6) is 11.5 Å². The molecule has 1 fully saturated rings. The minimum absolute atomic E-state index is 0.0761. The van der Waals surface area contributed by atoms with E-state index in [0.29, 0.717) is 6.54 Å². The highest BCUT2D eigenvalue weighted by Gasteiger charge is 2.36. The summed E-state index contributed by atoms with van der Waals surface area (Å²) >= 11 is 0. The second kappa shape index (κ2) is 9.08. The highest BCUT2D eigenvalue weighted by Crippen LogP contribution is 2.35. The molecule has 1 unspecified atom stereocenters. The van der Waals surface area contributed by atoms with Crippen molar-refractivity contribution in [1.29, 1.82) is 0 Å². The van der Waals surface area contributed by atoms with Gasteiger partial charge in [0, 0.05) is 37.9 Å². The summed E-state index contributed by atoms with van der Waals surface area (Å²) in [7, 11) is 2.07. The Labute approximate surface area is 193 Å². The quantitative estimate of drug-likeness (QED) is 0.459. The van der Waals surface area contributed by atoms with Gasteiger partial charge in [0.2, 0.25) is 5.91 Å². The molecule has 6 nitrogen and oxygen atoms in total. The first-order valence-corrected chi connectivity index (χ1v) is 11.3. The van der Waals surface area contributed by atoms with E-state index in [4.69, 9.17) is 4.74 Å². The smallest absolute Gasteiger partial charge is 0.225 e. The lowest BCUT2D eigenvalue weighted by Crippen LogP contribution is -2.34. The molecule has 33 heavy (non-hydrogen) atoms. The van der Waals surface area contributed by atoms with Crippen LogP contribution in [0.25, 0.3) is 11.0 Å². The second-order valence-corrected chi connectivity index (χ2v) is 8.81. The van der Waals surface area contributed by atoms with Crippen LogP contribution >= 0.6 is 0 Å². The minimum Gasteiger partial charge on any atom is -0.457 e. The fourth-order valence-corrected chi connectivity index (χ4v) is 4.70. The van der Waals surface area contributed by atoms with Crippen LogP contribution in [-0.2, 0) is 11.3 Å². The number of carbonyl (C=O) groups excluding carboxylic acids is 1. The summed E-state index contributed by atoms with van der Waals surface area (Å²) in [6, 6.07) is 20.1. The monoisotopic (exact) mass is 440 g/mol. The van der Waals surface area contributed by atoms with Crippen molar-refractivity contribution in [3.05, 3.63) is 89.7 Å². The number of rotatable bonds is 6. The number of aromatic nitrogens is 2. The van der Waals surface area contributed by atoms with Gasteiger partial charge in [-0.25, -0.2) is 4.98 Å². The first-order valence-electron chi connectivity index (χ1n) is 11.3. The van der Waals surface area contributed by atoms with Crippen molar-refractivity contribution in [3.8, 4) is 11.5 Å². The van der Waals surface area contributed by atoms with Gasteiger partial charge in [-0.05, 0) is 48.9 Å². The molecule has 5 rings (SSSR count). The van der Waals surface area contributed by atoms with E-state index >= 15 is 0 Å². The van der Waals surface area contributed by atoms with Crippen molar-refractivity contribution < 1.29 is 9.53 Å². The van der Waals surface area contributed by atoms with Crippen LogP contribution < -0.4 is 10.1 Å². The number of ether oxygens (including phenoxy) is 1. The number of nitrogens with zero attached hydrogens (tertiary/aromatic N) is 2. The zero-order chi connectivity index (χ0) is 22.8. The SMILES string of the molecule is Cc1c[nH]c2nccc(Oc3ccc(C4CN(C)C[C@@H]4C(=O)NCc4ccccc4)cc3)c12. The lowest BCUT2D eigenvalue weighted by molar-refractivity contribution is -0.125. The summed E-state index contributed by atoms with van der Waals surface area (Å²) < 4.78 is 6.18. The molecular weight excluding hydrogens is 412 g/mol. The van der Waals surface area contributed by atoms with E-state index < -0.39 is 0 Å². The highest BCUT2D eigenvalue weighted by molar-refractivity contribution is 5.86. The van der Waals surface area contributed by atoms with E-state index in [9.17, 15) is 4.79 Å². The van der Waals surface area contributed by atoms with Gasteiger partial charge >= 0.3 is 0 Å². The van der Waals surface area contributed by atoms with Gasteiger partial charge < -0.3 is 19.9 Å². The maximum Gasteiger partial charge on any atom is 0.225 e. The molecular formula is C27H28N4O2. The number of amides is 1. The molecule has 0 radical (unpaired) electrons. The zero-order valence-electron chi connectivity index (χ0n) is 18.9. The summed E-state index contributed by atoms with van der Waals surface area (Å²) in [5.41, 5.74) is 4.19. The Kier molecular flexibility index (Phi) is 5.84. The van der Waals surface area contributed by atoms with Crippen molar-refractivity contribution in [2.24, 2.45) is 5.92 Å². The Bertz CT molecular complexity index is 1250. The number of carbonyl (C=O) groups is 1. The van der Waals surface area contributed by atoms with Crippen LogP contribution in [0, 0.1) is 12.8 Å². The summed E-state index contributed by atoms with van der Waals surface area (Å²) in [4.78, 5) is 22.8. The van der Waals surface area contributed by atoms with Crippen LogP contribution in [0.15, 0.2) is 73.1 Å². The van der Waals surface area contributed by atoms with Crippen LogP contribution in [0.1, 0.15) is 22.6 Å². The number of pyridine rings is 1. The molecule has 2 N–H and O–H groups in total. The van der Waals surface area contributed by atoms with Crippen LogP contribution in [0.2, 0.25) is 0 Å². The Morgan fingerprint density at radius 2 is 1.91 bits per heavy atom. The second-order valence-electron chi connectivity index (χ2n) is 8.81. The highest BCUT2D eigenvalue weighted by atomic mass is 16.5. The third-order valence-corrected chi connectivity index (χ3v) is 6.42. The van der Waals surface area contributed by atoms with Crippen molar-refractivity contribution >= 4 is 16.9 Å². The summed E-state index contributed by atoms with van der Waals surface area (Å²) in [6.45, 7) is 4.21. The van der Waals surface area contributed by atoms with E-state index in [0.717, 1.165) is 52.3 Å². The molecule has 0 spiro atoms. The van der Waals surface area contributed by atoms with Gasteiger partial charge in [-0.2, -0.15) is 0 Å². The summed E-state index contributed by atoms with van der Waals surface area (Å²) in [5, 5.41) is 4.12.